The predicted molar refractivity (Wildman–Crippen MR) is 114 cm³/mol. The molecule has 0 aliphatic rings. The lowest BCUT2D eigenvalue weighted by atomic mass is 9.99. The molecule has 0 aliphatic carbocycles. The summed E-state index contributed by atoms with van der Waals surface area (Å²) in [6.45, 7) is 10.1. The second-order valence-corrected chi connectivity index (χ2v) is 7.24. The van der Waals surface area contributed by atoms with Gasteiger partial charge in [-0.15, -0.1) is 0 Å². The normalized spacial score (nSPS) is 13.6. The number of hydrogen-bond acceptors (Lipinski definition) is 4. The van der Waals surface area contributed by atoms with Gasteiger partial charge in [-0.05, 0) is 17.1 Å². The average Bonchev–Trinajstić information content (AvgIpc) is 2.74. The van der Waals surface area contributed by atoms with Gasteiger partial charge >= 0.3 is 12.3 Å². The molecule has 0 aliphatic heterocycles. The Hall–Kier alpha value is -3.36. The number of ketones is 1. The van der Waals surface area contributed by atoms with E-state index < -0.39 is 48.4 Å². The Morgan fingerprint density at radius 1 is 1.09 bits per heavy atom. The zero-order valence-electron chi connectivity index (χ0n) is 17.9. The molecule has 0 heterocycles. The number of benzene rings is 1. The van der Waals surface area contributed by atoms with Crippen LogP contribution in [0.15, 0.2) is 67.3 Å². The van der Waals surface area contributed by atoms with E-state index in [1.807, 2.05) is 0 Å². The number of allylic oxidation sites excluding steroid dienone is 3. The number of Topliss-reactive ketones (excluding diaryl/α,β-unsaturated/α-hetero) is 1. The third-order valence-corrected chi connectivity index (χ3v) is 4.38. The highest BCUT2D eigenvalue weighted by Crippen LogP contribution is 2.22. The SMILES string of the molecule is C=C/C=C(\C=C)CC(NC(=O)[C@@H](NC(=O)OCc1ccccc1)C(C)C)C(=O)C(F)(F)F. The molecule has 0 fully saturated rings. The highest BCUT2D eigenvalue weighted by molar-refractivity contribution is 5.95. The van der Waals surface area contributed by atoms with E-state index in [0.717, 1.165) is 5.56 Å². The third kappa shape index (κ3) is 8.79. The molecule has 1 aromatic rings. The Morgan fingerprint density at radius 2 is 1.72 bits per heavy atom. The minimum absolute atomic E-state index is 0.0522. The fraction of sp³-hybridized carbons (Fsp3) is 0.348. The smallest absolute Gasteiger partial charge is 0.445 e. The first-order valence-corrected chi connectivity index (χ1v) is 9.82. The van der Waals surface area contributed by atoms with E-state index in [0.29, 0.717) is 0 Å². The summed E-state index contributed by atoms with van der Waals surface area (Å²) < 4.78 is 44.3. The van der Waals surface area contributed by atoms with Crippen molar-refractivity contribution in [2.75, 3.05) is 0 Å². The first-order chi connectivity index (χ1) is 15.0. The van der Waals surface area contributed by atoms with E-state index in [1.54, 1.807) is 44.2 Å². The van der Waals surface area contributed by atoms with Crippen LogP contribution in [0.2, 0.25) is 0 Å². The van der Waals surface area contributed by atoms with Crippen molar-refractivity contribution >= 4 is 17.8 Å². The molecule has 2 atom stereocenters. The van der Waals surface area contributed by atoms with E-state index in [-0.39, 0.29) is 12.2 Å². The predicted octanol–water partition coefficient (Wildman–Crippen LogP) is 4.24. The minimum Gasteiger partial charge on any atom is -0.445 e. The van der Waals surface area contributed by atoms with Crippen LogP contribution in [0.5, 0.6) is 0 Å². The van der Waals surface area contributed by atoms with Crippen molar-refractivity contribution in [3.05, 3.63) is 72.9 Å². The molecular weight excluding hydrogens is 425 g/mol. The average molecular weight is 452 g/mol. The van der Waals surface area contributed by atoms with Crippen LogP contribution in [-0.2, 0) is 20.9 Å². The lowest BCUT2D eigenvalue weighted by Crippen LogP contribution is -2.55. The number of amides is 2. The van der Waals surface area contributed by atoms with Crippen LogP contribution in [0.25, 0.3) is 0 Å². The number of ether oxygens (including phenoxy) is 1. The molecule has 0 saturated carbocycles. The number of nitrogens with one attached hydrogen (secondary N) is 2. The largest absolute Gasteiger partial charge is 0.452 e. The molecule has 2 amide bonds. The van der Waals surface area contributed by atoms with Crippen molar-refractivity contribution in [1.29, 1.82) is 0 Å². The van der Waals surface area contributed by atoms with Gasteiger partial charge in [-0.1, -0.05) is 75.6 Å². The molecule has 32 heavy (non-hydrogen) atoms. The Bertz CT molecular complexity index is 849. The van der Waals surface area contributed by atoms with Crippen LogP contribution < -0.4 is 10.6 Å². The van der Waals surface area contributed by atoms with Crippen LogP contribution in [0.3, 0.4) is 0 Å². The molecule has 0 spiro atoms. The van der Waals surface area contributed by atoms with E-state index in [2.05, 4.69) is 23.8 Å². The summed E-state index contributed by atoms with van der Waals surface area (Å²) >= 11 is 0. The fourth-order valence-electron chi connectivity index (χ4n) is 2.70. The maximum Gasteiger partial charge on any atom is 0.452 e. The zero-order valence-corrected chi connectivity index (χ0v) is 17.9. The molecule has 174 valence electrons. The van der Waals surface area contributed by atoms with Crippen molar-refractivity contribution in [2.45, 2.75) is 45.1 Å². The minimum atomic E-state index is -5.16. The van der Waals surface area contributed by atoms with Crippen molar-refractivity contribution < 1.29 is 32.3 Å². The second-order valence-electron chi connectivity index (χ2n) is 7.24. The summed E-state index contributed by atoms with van der Waals surface area (Å²) in [6.07, 6.45) is -2.54. The summed E-state index contributed by atoms with van der Waals surface area (Å²) in [5.41, 5.74) is 0.995. The van der Waals surface area contributed by atoms with Crippen LogP contribution >= 0.6 is 0 Å². The number of carbonyl (C=O) groups is 3. The highest BCUT2D eigenvalue weighted by atomic mass is 19.4. The molecule has 0 bridgehead atoms. The standard InChI is InChI=1S/C23H27F3N2O4/c1-5-10-16(6-2)13-18(20(29)23(24,25)26)27-21(30)19(15(3)4)28-22(31)32-14-17-11-8-7-9-12-17/h5-12,15,18-19H,1-2,13-14H2,3-4H3,(H,27,30)(H,28,31)/b16-10+/t18?,19-/m0/s1. The molecule has 1 aromatic carbocycles. The molecule has 0 radical (unpaired) electrons. The van der Waals surface area contributed by atoms with Crippen LogP contribution in [0.1, 0.15) is 25.8 Å². The molecule has 1 unspecified atom stereocenters. The second kappa shape index (κ2) is 12.5. The third-order valence-electron chi connectivity index (χ3n) is 4.38. The Morgan fingerprint density at radius 3 is 2.22 bits per heavy atom. The molecule has 6 nitrogen and oxygen atoms in total. The van der Waals surface area contributed by atoms with E-state index in [9.17, 15) is 27.6 Å². The summed E-state index contributed by atoms with van der Waals surface area (Å²) in [7, 11) is 0. The van der Waals surface area contributed by atoms with E-state index in [4.69, 9.17) is 4.74 Å². The Balaban J connectivity index is 2.93. The quantitative estimate of drug-likeness (QED) is 0.492. The summed E-state index contributed by atoms with van der Waals surface area (Å²) in [5, 5.41) is 4.45. The van der Waals surface area contributed by atoms with Crippen LogP contribution in [0.4, 0.5) is 18.0 Å². The maximum atomic E-state index is 13.1. The van der Waals surface area contributed by atoms with Crippen molar-refractivity contribution in [1.82, 2.24) is 10.6 Å². The Kier molecular flexibility index (Phi) is 10.4. The first kappa shape index (κ1) is 26.7. The summed E-state index contributed by atoms with van der Waals surface area (Å²) in [6, 6.07) is 5.67. The number of halogens is 3. The van der Waals surface area contributed by atoms with Gasteiger partial charge in [0.2, 0.25) is 5.91 Å². The van der Waals surface area contributed by atoms with Gasteiger partial charge in [0.25, 0.3) is 5.78 Å². The van der Waals surface area contributed by atoms with E-state index >= 15 is 0 Å². The highest BCUT2D eigenvalue weighted by Gasteiger charge is 2.44. The van der Waals surface area contributed by atoms with E-state index in [1.165, 1.54) is 18.2 Å². The van der Waals surface area contributed by atoms with Gasteiger partial charge in [0, 0.05) is 6.42 Å². The summed E-state index contributed by atoms with van der Waals surface area (Å²) in [4.78, 5) is 36.7. The van der Waals surface area contributed by atoms with Gasteiger partial charge in [-0.25, -0.2) is 4.79 Å². The number of hydrogen-bond donors (Lipinski definition) is 2. The fourth-order valence-corrected chi connectivity index (χ4v) is 2.70. The van der Waals surface area contributed by atoms with Gasteiger partial charge in [0.05, 0.1) is 0 Å². The van der Waals surface area contributed by atoms with Crippen molar-refractivity contribution in [3.8, 4) is 0 Å². The van der Waals surface area contributed by atoms with Crippen LogP contribution in [0, 0.1) is 5.92 Å². The van der Waals surface area contributed by atoms with Gasteiger partial charge in [-0.2, -0.15) is 13.2 Å². The van der Waals surface area contributed by atoms with Crippen molar-refractivity contribution in [2.24, 2.45) is 5.92 Å². The molecule has 2 N–H and O–H groups in total. The van der Waals surface area contributed by atoms with Gasteiger partial charge in [0.1, 0.15) is 18.7 Å². The number of rotatable bonds is 11. The zero-order chi connectivity index (χ0) is 24.3. The number of alkyl halides is 3. The van der Waals surface area contributed by atoms with Gasteiger partial charge in [-0.3, -0.25) is 9.59 Å². The topological polar surface area (TPSA) is 84.5 Å². The first-order valence-electron chi connectivity index (χ1n) is 9.82. The van der Waals surface area contributed by atoms with Gasteiger partial charge < -0.3 is 15.4 Å². The molecule has 0 saturated heterocycles. The maximum absolute atomic E-state index is 13.1. The molecular formula is C23H27F3N2O4. The van der Waals surface area contributed by atoms with Crippen LogP contribution in [-0.4, -0.2) is 36.0 Å². The summed E-state index contributed by atoms with van der Waals surface area (Å²) in [5.74, 6) is -3.55. The lowest BCUT2D eigenvalue weighted by Gasteiger charge is -2.25. The van der Waals surface area contributed by atoms with Crippen molar-refractivity contribution in [3.63, 3.8) is 0 Å². The Labute approximate surface area is 185 Å². The molecule has 1 rings (SSSR count). The molecule has 0 aromatic heterocycles. The number of carbonyl (C=O) groups excluding carboxylic acids is 3. The monoisotopic (exact) mass is 452 g/mol. The van der Waals surface area contributed by atoms with Gasteiger partial charge in [0.15, 0.2) is 0 Å². The molecule has 9 heteroatoms. The number of alkyl carbamates (subject to hydrolysis) is 1. The lowest BCUT2D eigenvalue weighted by molar-refractivity contribution is -0.173.